The van der Waals surface area contributed by atoms with Gasteiger partial charge in [0.25, 0.3) is 0 Å². The second kappa shape index (κ2) is 3.41. The van der Waals surface area contributed by atoms with Crippen LogP contribution in [0, 0.1) is 0 Å². The summed E-state index contributed by atoms with van der Waals surface area (Å²) in [5.41, 5.74) is 6.22. The first kappa shape index (κ1) is 11.3. The van der Waals surface area contributed by atoms with Crippen molar-refractivity contribution in [3.8, 4) is 0 Å². The Hall–Kier alpha value is -1.17. The molecular weight excluding hydrogens is 219 g/mol. The zero-order chi connectivity index (χ0) is 12.0. The van der Waals surface area contributed by atoms with Crippen molar-refractivity contribution in [3.05, 3.63) is 23.3 Å². The largest absolute Gasteiger partial charge is 0.451 e. The smallest absolute Gasteiger partial charge is 0.320 e. The lowest BCUT2D eigenvalue weighted by molar-refractivity contribution is -0.145. The highest BCUT2D eigenvalue weighted by Gasteiger charge is 2.38. The number of aryl methyl sites for hydroxylation is 1. The molecule has 0 bridgehead atoms. The quantitative estimate of drug-likeness (QED) is 0.743. The predicted molar refractivity (Wildman–Crippen MR) is 51.5 cm³/mol. The summed E-state index contributed by atoms with van der Waals surface area (Å²) >= 11 is 0. The number of nitrogens with two attached hydrogens (primary N) is 1. The fraction of sp³-hybridized carbons (Fsp3) is 0.600. The van der Waals surface area contributed by atoms with Crippen molar-refractivity contribution in [2.75, 3.05) is 0 Å². The van der Waals surface area contributed by atoms with Crippen LogP contribution >= 0.6 is 0 Å². The summed E-state index contributed by atoms with van der Waals surface area (Å²) in [5, 5.41) is 0. The Morgan fingerprint density at radius 3 is 2.75 bits per heavy atom. The van der Waals surface area contributed by atoms with E-state index in [4.69, 9.17) is 5.73 Å². The number of halogens is 3. The van der Waals surface area contributed by atoms with Crippen LogP contribution in [0.15, 0.2) is 6.20 Å². The molecule has 0 fully saturated rings. The molecule has 1 heterocycles. The van der Waals surface area contributed by atoms with Crippen molar-refractivity contribution in [2.45, 2.75) is 37.9 Å². The van der Waals surface area contributed by atoms with Crippen LogP contribution in [0.3, 0.4) is 0 Å². The fourth-order valence-corrected chi connectivity index (χ4v) is 1.99. The molecule has 0 radical (unpaired) electrons. The first-order valence-corrected chi connectivity index (χ1v) is 5.03. The number of hydrogen-bond acceptors (Lipinski definition) is 3. The van der Waals surface area contributed by atoms with E-state index in [2.05, 4.69) is 9.97 Å². The van der Waals surface area contributed by atoms with Crippen molar-refractivity contribution in [1.29, 1.82) is 0 Å². The Balaban J connectivity index is 2.52. The molecule has 0 spiro atoms. The molecule has 3 nitrogen and oxygen atoms in total. The molecule has 0 aliphatic heterocycles. The van der Waals surface area contributed by atoms with Crippen LogP contribution in [-0.4, -0.2) is 9.97 Å². The first-order valence-electron chi connectivity index (χ1n) is 5.03. The molecule has 1 aromatic heterocycles. The molecule has 16 heavy (non-hydrogen) atoms. The minimum atomic E-state index is -4.51. The molecule has 1 aromatic rings. The van der Waals surface area contributed by atoms with Gasteiger partial charge in [-0.1, -0.05) is 0 Å². The topological polar surface area (TPSA) is 51.8 Å². The number of hydrogen-bond donors (Lipinski definition) is 1. The second-order valence-electron chi connectivity index (χ2n) is 4.34. The fourth-order valence-electron chi connectivity index (χ4n) is 1.99. The molecule has 88 valence electrons. The average molecular weight is 231 g/mol. The van der Waals surface area contributed by atoms with Crippen molar-refractivity contribution >= 4 is 0 Å². The van der Waals surface area contributed by atoms with Crippen LogP contribution in [0.1, 0.15) is 36.8 Å². The van der Waals surface area contributed by atoms with Gasteiger partial charge in [-0.3, -0.25) is 0 Å². The molecule has 2 N–H and O–H groups in total. The summed E-state index contributed by atoms with van der Waals surface area (Å²) in [6.07, 6.45) is -1.07. The second-order valence-corrected chi connectivity index (χ2v) is 4.34. The van der Waals surface area contributed by atoms with Crippen molar-refractivity contribution in [1.82, 2.24) is 9.97 Å². The minimum Gasteiger partial charge on any atom is -0.320 e. The van der Waals surface area contributed by atoms with Crippen molar-refractivity contribution in [3.63, 3.8) is 0 Å². The summed E-state index contributed by atoms with van der Waals surface area (Å²) in [6, 6.07) is 0. The van der Waals surface area contributed by atoms with Gasteiger partial charge in [0.1, 0.15) is 0 Å². The monoisotopic (exact) mass is 231 g/mol. The SMILES string of the molecule is CC1(N)CCCc2cnc(C(F)(F)F)nc21. The van der Waals surface area contributed by atoms with Gasteiger partial charge in [0.15, 0.2) is 0 Å². The molecule has 1 aliphatic rings. The summed E-state index contributed by atoms with van der Waals surface area (Å²) in [6.45, 7) is 1.71. The molecule has 1 unspecified atom stereocenters. The zero-order valence-electron chi connectivity index (χ0n) is 8.80. The molecule has 0 aromatic carbocycles. The third-order valence-corrected chi connectivity index (χ3v) is 2.80. The summed E-state index contributed by atoms with van der Waals surface area (Å²) in [4.78, 5) is 6.91. The highest BCUT2D eigenvalue weighted by molar-refractivity contribution is 5.28. The van der Waals surface area contributed by atoms with Gasteiger partial charge in [0.2, 0.25) is 5.82 Å². The average Bonchev–Trinajstić information content (AvgIpc) is 2.15. The van der Waals surface area contributed by atoms with Crippen molar-refractivity contribution in [2.24, 2.45) is 5.73 Å². The summed E-state index contributed by atoms with van der Waals surface area (Å²) < 4.78 is 37.3. The van der Waals surface area contributed by atoms with Gasteiger partial charge in [-0.25, -0.2) is 9.97 Å². The zero-order valence-corrected chi connectivity index (χ0v) is 8.80. The van der Waals surface area contributed by atoms with E-state index < -0.39 is 17.5 Å². The normalized spacial score (nSPS) is 25.3. The van der Waals surface area contributed by atoms with Gasteiger partial charge >= 0.3 is 6.18 Å². The van der Waals surface area contributed by atoms with E-state index in [9.17, 15) is 13.2 Å². The van der Waals surface area contributed by atoms with Gasteiger partial charge in [0.05, 0.1) is 11.2 Å². The van der Waals surface area contributed by atoms with E-state index in [-0.39, 0.29) is 0 Å². The van der Waals surface area contributed by atoms with Crippen LogP contribution in [0.25, 0.3) is 0 Å². The highest BCUT2D eigenvalue weighted by atomic mass is 19.4. The number of aromatic nitrogens is 2. The van der Waals surface area contributed by atoms with Crippen LogP contribution in [0.5, 0.6) is 0 Å². The van der Waals surface area contributed by atoms with E-state index in [1.54, 1.807) is 6.92 Å². The maximum atomic E-state index is 12.4. The Labute approximate surface area is 90.9 Å². The van der Waals surface area contributed by atoms with Crippen LogP contribution in [-0.2, 0) is 18.1 Å². The van der Waals surface area contributed by atoms with Crippen LogP contribution in [0.2, 0.25) is 0 Å². The van der Waals surface area contributed by atoms with Gasteiger partial charge in [-0.05, 0) is 31.7 Å². The summed E-state index contributed by atoms with van der Waals surface area (Å²) in [7, 11) is 0. The standard InChI is InChI=1S/C10H12F3N3/c1-9(14)4-2-3-6-5-15-8(10(11,12)13)16-7(6)9/h5H,2-4,14H2,1H3. The highest BCUT2D eigenvalue weighted by Crippen LogP contribution is 2.33. The third kappa shape index (κ3) is 1.89. The van der Waals surface area contributed by atoms with Crippen LogP contribution < -0.4 is 5.73 Å². The number of rotatable bonds is 0. The molecule has 0 saturated carbocycles. The van der Waals surface area contributed by atoms with Gasteiger partial charge in [-0.2, -0.15) is 13.2 Å². The van der Waals surface area contributed by atoms with Gasteiger partial charge < -0.3 is 5.73 Å². The number of alkyl halides is 3. The molecule has 1 aliphatic carbocycles. The van der Waals surface area contributed by atoms with Crippen molar-refractivity contribution < 1.29 is 13.2 Å². The maximum absolute atomic E-state index is 12.4. The first-order chi connectivity index (χ1) is 7.31. The van der Waals surface area contributed by atoms with E-state index in [1.807, 2.05) is 0 Å². The number of nitrogens with zero attached hydrogens (tertiary/aromatic N) is 2. The third-order valence-electron chi connectivity index (χ3n) is 2.80. The summed E-state index contributed by atoms with van der Waals surface area (Å²) in [5.74, 6) is -1.11. The minimum absolute atomic E-state index is 0.334. The molecule has 6 heteroatoms. The molecule has 1 atom stereocenters. The van der Waals surface area contributed by atoms with Gasteiger partial charge in [-0.15, -0.1) is 0 Å². The van der Waals surface area contributed by atoms with E-state index in [0.717, 1.165) is 12.0 Å². The molecule has 0 amide bonds. The lowest BCUT2D eigenvalue weighted by Crippen LogP contribution is -2.38. The molecule has 0 saturated heterocycles. The number of fused-ring (bicyclic) bond motifs is 1. The Kier molecular flexibility index (Phi) is 2.41. The lowest BCUT2D eigenvalue weighted by atomic mass is 9.83. The molecular formula is C10H12F3N3. The van der Waals surface area contributed by atoms with E-state index >= 15 is 0 Å². The molecule has 2 rings (SSSR count). The van der Waals surface area contributed by atoms with E-state index in [0.29, 0.717) is 18.5 Å². The van der Waals surface area contributed by atoms with Crippen LogP contribution in [0.4, 0.5) is 13.2 Å². The van der Waals surface area contributed by atoms with E-state index in [1.165, 1.54) is 6.20 Å². The Morgan fingerprint density at radius 1 is 1.44 bits per heavy atom. The van der Waals surface area contributed by atoms with Gasteiger partial charge in [0, 0.05) is 6.20 Å². The maximum Gasteiger partial charge on any atom is 0.451 e. The predicted octanol–water partition coefficient (Wildman–Crippen LogP) is 2.01. The Bertz CT molecular complexity index is 412. The lowest BCUT2D eigenvalue weighted by Gasteiger charge is -2.30. The Morgan fingerprint density at radius 2 is 2.12 bits per heavy atom.